The Morgan fingerprint density at radius 1 is 1.58 bits per heavy atom. The fourth-order valence-corrected chi connectivity index (χ4v) is 2.43. The highest BCUT2D eigenvalue weighted by molar-refractivity contribution is 14.1. The first-order valence-electron chi connectivity index (χ1n) is 3.18. The zero-order valence-corrected chi connectivity index (χ0v) is 10.7. The molecule has 0 saturated carbocycles. The van der Waals surface area contributed by atoms with Gasteiger partial charge in [-0.1, -0.05) is 0 Å². The van der Waals surface area contributed by atoms with Gasteiger partial charge in [-0.15, -0.1) is 0 Å². The van der Waals surface area contributed by atoms with E-state index in [9.17, 15) is 4.79 Å². The first kappa shape index (κ1) is 10.5. The predicted octanol–water partition coefficient (Wildman–Crippen LogP) is 3.74. The molecule has 0 amide bonds. The lowest BCUT2D eigenvalue weighted by atomic mass is 10.2. The summed E-state index contributed by atoms with van der Waals surface area (Å²) < 4.78 is 1.90. The Morgan fingerprint density at radius 2 is 2.17 bits per heavy atom. The van der Waals surface area contributed by atoms with Crippen LogP contribution >= 0.6 is 50.1 Å². The third-order valence-electron chi connectivity index (χ3n) is 1.53. The Labute approximate surface area is 97.8 Å². The van der Waals surface area contributed by atoms with Crippen LogP contribution in [0.4, 0.5) is 0 Å². The first-order chi connectivity index (χ1) is 5.54. The van der Waals surface area contributed by atoms with E-state index < -0.39 is 5.24 Å². The van der Waals surface area contributed by atoms with Crippen molar-refractivity contribution in [2.75, 3.05) is 0 Å². The van der Waals surface area contributed by atoms with Crippen LogP contribution in [-0.2, 0) is 0 Å². The van der Waals surface area contributed by atoms with Gasteiger partial charge in [0.05, 0.1) is 0 Å². The van der Waals surface area contributed by atoms with Crippen LogP contribution in [0.15, 0.2) is 16.6 Å². The molecule has 0 aliphatic carbocycles. The van der Waals surface area contributed by atoms with Gasteiger partial charge in [0.2, 0.25) is 0 Å². The van der Waals surface area contributed by atoms with Crippen molar-refractivity contribution >= 4 is 55.4 Å². The van der Waals surface area contributed by atoms with Gasteiger partial charge in [-0.2, -0.15) is 0 Å². The van der Waals surface area contributed by atoms with Crippen LogP contribution in [0.2, 0.25) is 0 Å². The molecule has 1 aromatic rings. The maximum Gasteiger partial charge on any atom is 0.253 e. The maximum atomic E-state index is 10.9. The second-order valence-corrected chi connectivity index (χ2v) is 4.61. The molecule has 0 fully saturated rings. The van der Waals surface area contributed by atoms with Crippen molar-refractivity contribution in [3.8, 4) is 0 Å². The normalized spacial score (nSPS) is 10.0. The standard InChI is InChI=1S/C8H5BrClIO/c1-4-6(11)3-2-5(7(4)9)8(10)12/h2-3H,1H3. The van der Waals surface area contributed by atoms with E-state index in [2.05, 4.69) is 38.5 Å². The van der Waals surface area contributed by atoms with Gasteiger partial charge in [-0.3, -0.25) is 4.79 Å². The third kappa shape index (κ3) is 2.00. The summed E-state index contributed by atoms with van der Waals surface area (Å²) in [6.07, 6.45) is 0. The minimum atomic E-state index is -0.429. The molecule has 0 bridgehead atoms. The van der Waals surface area contributed by atoms with Gasteiger partial charge >= 0.3 is 0 Å². The molecule has 0 saturated heterocycles. The van der Waals surface area contributed by atoms with Crippen LogP contribution < -0.4 is 0 Å². The SMILES string of the molecule is Cc1c(I)ccc(C(=O)Cl)c1Br. The molecule has 1 nitrogen and oxygen atoms in total. The van der Waals surface area contributed by atoms with E-state index in [0.717, 1.165) is 13.6 Å². The summed E-state index contributed by atoms with van der Waals surface area (Å²) >= 11 is 10.9. The molecule has 12 heavy (non-hydrogen) atoms. The lowest BCUT2D eigenvalue weighted by Crippen LogP contribution is -1.94. The van der Waals surface area contributed by atoms with Crippen LogP contribution in [0, 0.1) is 10.5 Å². The highest BCUT2D eigenvalue weighted by Crippen LogP contribution is 2.26. The molecule has 1 aromatic carbocycles. The Bertz CT molecular complexity index is 338. The Morgan fingerprint density at radius 3 is 2.67 bits per heavy atom. The van der Waals surface area contributed by atoms with E-state index in [0.29, 0.717) is 5.56 Å². The first-order valence-corrected chi connectivity index (χ1v) is 5.43. The highest BCUT2D eigenvalue weighted by Gasteiger charge is 2.10. The zero-order chi connectivity index (χ0) is 9.30. The number of halogens is 3. The van der Waals surface area contributed by atoms with Crippen LogP contribution in [0.3, 0.4) is 0 Å². The Balaban J connectivity index is 3.36. The van der Waals surface area contributed by atoms with Crippen molar-refractivity contribution in [1.82, 2.24) is 0 Å². The van der Waals surface area contributed by atoms with Crippen molar-refractivity contribution in [3.63, 3.8) is 0 Å². The number of benzene rings is 1. The summed E-state index contributed by atoms with van der Waals surface area (Å²) in [5.74, 6) is 0. The third-order valence-corrected chi connectivity index (χ3v) is 3.93. The van der Waals surface area contributed by atoms with Crippen molar-refractivity contribution in [1.29, 1.82) is 0 Å². The Kier molecular flexibility index (Phi) is 3.55. The van der Waals surface area contributed by atoms with Gasteiger partial charge in [0.15, 0.2) is 0 Å². The lowest BCUT2D eigenvalue weighted by Gasteiger charge is -2.04. The Hall–Kier alpha value is 0.390. The lowest BCUT2D eigenvalue weighted by molar-refractivity contribution is 0.108. The molecule has 0 spiro atoms. The zero-order valence-electron chi connectivity index (χ0n) is 6.20. The van der Waals surface area contributed by atoms with E-state index in [1.54, 1.807) is 6.07 Å². The number of rotatable bonds is 1. The monoisotopic (exact) mass is 358 g/mol. The summed E-state index contributed by atoms with van der Waals surface area (Å²) in [4.78, 5) is 10.9. The van der Waals surface area contributed by atoms with Gasteiger partial charge in [-0.25, -0.2) is 0 Å². The number of carbonyl (C=O) groups is 1. The predicted molar refractivity (Wildman–Crippen MR) is 61.8 cm³/mol. The summed E-state index contributed by atoms with van der Waals surface area (Å²) in [5, 5.41) is -0.429. The van der Waals surface area contributed by atoms with Gasteiger partial charge in [0.1, 0.15) is 0 Å². The van der Waals surface area contributed by atoms with E-state index in [4.69, 9.17) is 11.6 Å². The van der Waals surface area contributed by atoms with Crippen LogP contribution in [0.5, 0.6) is 0 Å². The molecule has 0 atom stereocenters. The van der Waals surface area contributed by atoms with E-state index >= 15 is 0 Å². The molecule has 64 valence electrons. The van der Waals surface area contributed by atoms with Crippen LogP contribution in [-0.4, -0.2) is 5.24 Å². The molecule has 4 heteroatoms. The van der Waals surface area contributed by atoms with Crippen molar-refractivity contribution in [3.05, 3.63) is 31.3 Å². The molecule has 0 radical (unpaired) electrons. The van der Waals surface area contributed by atoms with Gasteiger partial charge in [0, 0.05) is 13.6 Å². The summed E-state index contributed by atoms with van der Waals surface area (Å²) in [6.45, 7) is 1.94. The molecule has 0 aliphatic rings. The number of hydrogen-bond donors (Lipinski definition) is 0. The van der Waals surface area contributed by atoms with Crippen molar-refractivity contribution in [2.24, 2.45) is 0 Å². The quantitative estimate of drug-likeness (QED) is 0.551. The van der Waals surface area contributed by atoms with Crippen LogP contribution in [0.1, 0.15) is 15.9 Å². The average molecular weight is 359 g/mol. The second-order valence-electron chi connectivity index (χ2n) is 2.31. The van der Waals surface area contributed by atoms with Crippen molar-refractivity contribution in [2.45, 2.75) is 6.92 Å². The van der Waals surface area contributed by atoms with Crippen molar-refractivity contribution < 1.29 is 4.79 Å². The highest BCUT2D eigenvalue weighted by atomic mass is 127. The fraction of sp³-hybridized carbons (Fsp3) is 0.125. The number of carbonyl (C=O) groups excluding carboxylic acids is 1. The van der Waals surface area contributed by atoms with E-state index in [1.165, 1.54) is 0 Å². The van der Waals surface area contributed by atoms with Gasteiger partial charge < -0.3 is 0 Å². The fourth-order valence-electron chi connectivity index (χ4n) is 0.813. The molecular formula is C8H5BrClIO. The number of hydrogen-bond acceptors (Lipinski definition) is 1. The minimum Gasteiger partial charge on any atom is -0.276 e. The second kappa shape index (κ2) is 4.07. The van der Waals surface area contributed by atoms with Gasteiger partial charge in [-0.05, 0) is 74.7 Å². The van der Waals surface area contributed by atoms with E-state index in [1.807, 2.05) is 13.0 Å². The van der Waals surface area contributed by atoms with Gasteiger partial charge in [0.25, 0.3) is 5.24 Å². The topological polar surface area (TPSA) is 17.1 Å². The molecule has 0 unspecified atom stereocenters. The minimum absolute atomic E-state index is 0.429. The smallest absolute Gasteiger partial charge is 0.253 e. The molecule has 0 aromatic heterocycles. The summed E-state index contributed by atoms with van der Waals surface area (Å²) in [5.41, 5.74) is 1.57. The molecule has 0 aliphatic heterocycles. The maximum absolute atomic E-state index is 10.9. The molecule has 0 N–H and O–H groups in total. The molecule has 0 heterocycles. The van der Waals surface area contributed by atoms with E-state index in [-0.39, 0.29) is 0 Å². The average Bonchev–Trinajstić information content (AvgIpc) is 2.00. The largest absolute Gasteiger partial charge is 0.276 e. The molecular weight excluding hydrogens is 354 g/mol. The molecule has 1 rings (SSSR count). The van der Waals surface area contributed by atoms with Crippen LogP contribution in [0.25, 0.3) is 0 Å². The summed E-state index contributed by atoms with van der Waals surface area (Å²) in [6, 6.07) is 3.59. The summed E-state index contributed by atoms with van der Waals surface area (Å²) in [7, 11) is 0.